The predicted molar refractivity (Wildman–Crippen MR) is 41.4 cm³/mol. The molecule has 2 rings (SSSR count). The van der Waals surface area contributed by atoms with Gasteiger partial charge >= 0.3 is 0 Å². The van der Waals surface area contributed by atoms with Crippen LogP contribution >= 0.6 is 11.6 Å². The quantitative estimate of drug-likeness (QED) is 0.598. The largest absolute Gasteiger partial charge is 0.396 e. The number of hydrogen-bond acceptors (Lipinski definition) is 2. The van der Waals surface area contributed by atoms with Gasteiger partial charge in [0.25, 0.3) is 0 Å². The second kappa shape index (κ2) is 2.46. The maximum absolute atomic E-state index is 11.2. The number of hydrogen-bond donors (Lipinski definition) is 1. The molecule has 2 fully saturated rings. The highest BCUT2D eigenvalue weighted by Gasteiger charge is 2.51. The lowest BCUT2D eigenvalue weighted by Crippen LogP contribution is -2.16. The van der Waals surface area contributed by atoms with E-state index < -0.39 is 0 Å². The second-order valence-electron chi connectivity index (χ2n) is 3.54. The van der Waals surface area contributed by atoms with Crippen LogP contribution in [-0.2, 0) is 4.79 Å². The van der Waals surface area contributed by atoms with Gasteiger partial charge in [-0.1, -0.05) is 0 Å². The minimum atomic E-state index is 0.0764. The zero-order chi connectivity index (χ0) is 8.01. The molecule has 0 aliphatic heterocycles. The Bertz CT molecular complexity index is 193. The van der Waals surface area contributed by atoms with E-state index in [0.717, 1.165) is 6.42 Å². The van der Waals surface area contributed by atoms with E-state index in [1.165, 1.54) is 0 Å². The number of alkyl halides is 1. The fourth-order valence-electron chi connectivity index (χ4n) is 2.45. The van der Waals surface area contributed by atoms with Crippen molar-refractivity contribution in [2.24, 2.45) is 17.8 Å². The van der Waals surface area contributed by atoms with Gasteiger partial charge in [-0.05, 0) is 18.3 Å². The molecule has 1 N–H and O–H groups in total. The van der Waals surface area contributed by atoms with Crippen molar-refractivity contribution in [2.45, 2.75) is 18.2 Å². The number of carbonyl (C=O) groups is 1. The number of aliphatic hydroxyl groups is 1. The lowest BCUT2D eigenvalue weighted by molar-refractivity contribution is -0.122. The van der Waals surface area contributed by atoms with Crippen LogP contribution in [0.5, 0.6) is 0 Å². The number of rotatable bonds is 1. The Hall–Kier alpha value is -0.0800. The monoisotopic (exact) mass is 174 g/mol. The van der Waals surface area contributed by atoms with Gasteiger partial charge in [-0.3, -0.25) is 4.79 Å². The molecule has 0 aromatic carbocycles. The van der Waals surface area contributed by atoms with Crippen LogP contribution in [0.3, 0.4) is 0 Å². The maximum atomic E-state index is 11.2. The molecule has 2 aliphatic carbocycles. The summed E-state index contributed by atoms with van der Waals surface area (Å²) in [5.74, 6) is 0.822. The molecule has 0 aromatic rings. The summed E-state index contributed by atoms with van der Waals surface area (Å²) in [7, 11) is 0. The molecule has 0 spiro atoms. The second-order valence-corrected chi connectivity index (χ2v) is 4.10. The molecular weight excluding hydrogens is 164 g/mol. The van der Waals surface area contributed by atoms with Crippen LogP contribution in [0.1, 0.15) is 12.8 Å². The summed E-state index contributed by atoms with van der Waals surface area (Å²) in [5, 5.41) is 9.11. The number of halogens is 1. The lowest BCUT2D eigenvalue weighted by Gasteiger charge is -2.13. The summed E-state index contributed by atoms with van der Waals surface area (Å²) in [4.78, 5) is 11.2. The Balaban J connectivity index is 2.20. The van der Waals surface area contributed by atoms with E-state index in [0.29, 0.717) is 12.2 Å². The standard InChI is InChI=1S/C8H11ClO2/c9-7-1-5-6(3-10)4(7)2-8(5)11/h4-7,10H,1-3H2/t4-,5-,6-,7+/m1/s1. The van der Waals surface area contributed by atoms with Crippen LogP contribution in [0.2, 0.25) is 0 Å². The molecule has 2 aliphatic rings. The summed E-state index contributed by atoms with van der Waals surface area (Å²) in [6, 6.07) is 0. The normalized spacial score (nSPS) is 48.7. The first-order valence-corrected chi connectivity index (χ1v) is 4.45. The SMILES string of the molecule is O=C1C[C@@H]2[C@@H](CO)[C@H]1C[C@@H]2Cl. The number of Topliss-reactive ketones (excluding diaryl/α,β-unsaturated/α-hetero) is 1. The van der Waals surface area contributed by atoms with Crippen molar-refractivity contribution in [3.8, 4) is 0 Å². The van der Waals surface area contributed by atoms with Gasteiger partial charge in [0.2, 0.25) is 0 Å². The van der Waals surface area contributed by atoms with E-state index in [1.807, 2.05) is 0 Å². The van der Waals surface area contributed by atoms with Crippen molar-refractivity contribution in [1.82, 2.24) is 0 Å². The van der Waals surface area contributed by atoms with Crippen molar-refractivity contribution >= 4 is 17.4 Å². The molecule has 0 radical (unpaired) electrons. The molecule has 0 heterocycles. The minimum Gasteiger partial charge on any atom is -0.396 e. The predicted octanol–water partition coefficient (Wildman–Crippen LogP) is 0.811. The molecule has 11 heavy (non-hydrogen) atoms. The Labute approximate surface area is 70.5 Å². The van der Waals surface area contributed by atoms with Crippen LogP contribution in [-0.4, -0.2) is 22.9 Å². The summed E-state index contributed by atoms with van der Waals surface area (Å²) < 4.78 is 0. The Kier molecular flexibility index (Phi) is 1.69. The summed E-state index contributed by atoms with van der Waals surface area (Å²) in [6.45, 7) is 0.129. The van der Waals surface area contributed by atoms with E-state index in [1.54, 1.807) is 0 Å². The maximum Gasteiger partial charge on any atom is 0.136 e. The number of ketones is 1. The van der Waals surface area contributed by atoms with Crippen molar-refractivity contribution < 1.29 is 9.90 Å². The highest BCUT2D eigenvalue weighted by atomic mass is 35.5. The third-order valence-corrected chi connectivity index (χ3v) is 3.57. The van der Waals surface area contributed by atoms with E-state index in [2.05, 4.69) is 0 Å². The Morgan fingerprint density at radius 2 is 2.36 bits per heavy atom. The average Bonchev–Trinajstić information content (AvgIpc) is 2.42. The fourth-order valence-corrected chi connectivity index (χ4v) is 2.92. The molecular formula is C8H11ClO2. The highest BCUT2D eigenvalue weighted by molar-refractivity contribution is 6.21. The molecule has 0 amide bonds. The van der Waals surface area contributed by atoms with Crippen LogP contribution in [0.25, 0.3) is 0 Å². The molecule has 62 valence electrons. The zero-order valence-electron chi connectivity index (χ0n) is 6.16. The fraction of sp³-hybridized carbons (Fsp3) is 0.875. The van der Waals surface area contributed by atoms with Crippen LogP contribution in [0, 0.1) is 17.8 Å². The van der Waals surface area contributed by atoms with E-state index in [4.69, 9.17) is 16.7 Å². The summed E-state index contributed by atoms with van der Waals surface area (Å²) in [6.07, 6.45) is 1.39. The van der Waals surface area contributed by atoms with E-state index >= 15 is 0 Å². The van der Waals surface area contributed by atoms with Gasteiger partial charge in [-0.25, -0.2) is 0 Å². The third kappa shape index (κ3) is 0.926. The molecule has 0 unspecified atom stereocenters. The van der Waals surface area contributed by atoms with Gasteiger partial charge in [-0.15, -0.1) is 11.6 Å². The van der Waals surface area contributed by atoms with Crippen molar-refractivity contribution in [2.75, 3.05) is 6.61 Å². The first-order chi connectivity index (χ1) is 5.24. The lowest BCUT2D eigenvalue weighted by atomic mass is 9.99. The van der Waals surface area contributed by atoms with Gasteiger partial charge in [0, 0.05) is 24.3 Å². The molecule has 3 heteroatoms. The number of fused-ring (bicyclic) bond motifs is 2. The van der Waals surface area contributed by atoms with Gasteiger partial charge < -0.3 is 5.11 Å². The summed E-state index contributed by atoms with van der Waals surface area (Å²) in [5.41, 5.74) is 0. The molecule has 0 aromatic heterocycles. The van der Waals surface area contributed by atoms with Crippen LogP contribution in [0.15, 0.2) is 0 Å². The Morgan fingerprint density at radius 1 is 1.64 bits per heavy atom. The summed E-state index contributed by atoms with van der Waals surface area (Å²) >= 11 is 5.98. The molecule has 2 saturated carbocycles. The smallest absolute Gasteiger partial charge is 0.136 e. The van der Waals surface area contributed by atoms with Crippen LogP contribution in [0.4, 0.5) is 0 Å². The molecule has 2 nitrogen and oxygen atoms in total. The van der Waals surface area contributed by atoms with Gasteiger partial charge in [0.05, 0.1) is 0 Å². The van der Waals surface area contributed by atoms with Crippen molar-refractivity contribution in [3.05, 3.63) is 0 Å². The van der Waals surface area contributed by atoms with Crippen LogP contribution < -0.4 is 0 Å². The van der Waals surface area contributed by atoms with Gasteiger partial charge in [0.1, 0.15) is 5.78 Å². The van der Waals surface area contributed by atoms with Gasteiger partial charge in [0.15, 0.2) is 0 Å². The Morgan fingerprint density at radius 3 is 2.73 bits per heavy atom. The molecule has 2 bridgehead atoms. The first kappa shape index (κ1) is 7.56. The first-order valence-electron chi connectivity index (χ1n) is 4.01. The average molecular weight is 175 g/mol. The van der Waals surface area contributed by atoms with Gasteiger partial charge in [-0.2, -0.15) is 0 Å². The van der Waals surface area contributed by atoms with Crippen molar-refractivity contribution in [1.29, 1.82) is 0 Å². The molecule has 0 saturated heterocycles. The van der Waals surface area contributed by atoms with Crippen molar-refractivity contribution in [3.63, 3.8) is 0 Å². The minimum absolute atomic E-state index is 0.0764. The number of aliphatic hydroxyl groups excluding tert-OH is 1. The topological polar surface area (TPSA) is 37.3 Å². The highest BCUT2D eigenvalue weighted by Crippen LogP contribution is 2.49. The third-order valence-electron chi connectivity index (χ3n) is 3.07. The number of carbonyl (C=O) groups excluding carboxylic acids is 1. The van der Waals surface area contributed by atoms with E-state index in [-0.39, 0.29) is 29.7 Å². The van der Waals surface area contributed by atoms with E-state index in [9.17, 15) is 4.79 Å². The zero-order valence-corrected chi connectivity index (χ0v) is 6.92. The molecule has 4 atom stereocenters.